The van der Waals surface area contributed by atoms with E-state index in [2.05, 4.69) is 157 Å². The van der Waals surface area contributed by atoms with Crippen LogP contribution in [-0.2, 0) is 0 Å². The topological polar surface area (TPSA) is 16.4 Å². The second-order valence-electron chi connectivity index (χ2n) is 10.6. The maximum absolute atomic E-state index is 6.29. The molecule has 0 aliphatic heterocycles. The van der Waals surface area contributed by atoms with Crippen molar-refractivity contribution < 1.29 is 4.42 Å². The third-order valence-electron chi connectivity index (χ3n) is 8.04. The molecule has 2 nitrogen and oxygen atoms in total. The Labute approximate surface area is 244 Å². The Bertz CT molecular complexity index is 2140. The van der Waals surface area contributed by atoms with Crippen LogP contribution >= 0.6 is 0 Å². The average Bonchev–Trinajstić information content (AvgIpc) is 3.42. The third-order valence-corrected chi connectivity index (χ3v) is 8.04. The fourth-order valence-corrected chi connectivity index (χ4v) is 6.08. The molecule has 0 spiro atoms. The number of benzene rings is 7. The summed E-state index contributed by atoms with van der Waals surface area (Å²) in [5, 5.41) is 4.68. The highest BCUT2D eigenvalue weighted by Gasteiger charge is 2.19. The summed E-state index contributed by atoms with van der Waals surface area (Å²) < 4.78 is 6.29. The van der Waals surface area contributed by atoms with E-state index in [1.54, 1.807) is 0 Å². The molecule has 0 amide bonds. The van der Waals surface area contributed by atoms with Gasteiger partial charge < -0.3 is 9.32 Å². The predicted octanol–water partition coefficient (Wildman–Crippen LogP) is 11.5. The lowest BCUT2D eigenvalue weighted by molar-refractivity contribution is 0.669. The van der Waals surface area contributed by atoms with Gasteiger partial charge in [0.15, 0.2) is 0 Å². The standard InChI is InChI=1S/C40H27NO/c1-4-13-28(14-5-1)36-25-30(23-24-38(36)41(31-16-6-2-7-17-31)32-18-8-3-9-19-32)33-21-12-15-29-26-37-34-20-10-11-22-39(34)42-40(37)27-35(29)33/h1-27H. The van der Waals surface area contributed by atoms with Crippen LogP contribution in [-0.4, -0.2) is 0 Å². The van der Waals surface area contributed by atoms with Crippen LogP contribution in [0.1, 0.15) is 0 Å². The minimum absolute atomic E-state index is 0.912. The summed E-state index contributed by atoms with van der Waals surface area (Å²) in [7, 11) is 0. The van der Waals surface area contributed by atoms with E-state index in [0.717, 1.165) is 39.0 Å². The van der Waals surface area contributed by atoms with Crippen LogP contribution in [0.25, 0.3) is 55.0 Å². The number of fused-ring (bicyclic) bond motifs is 4. The molecule has 0 saturated heterocycles. The predicted molar refractivity (Wildman–Crippen MR) is 177 cm³/mol. The molecule has 0 aliphatic carbocycles. The van der Waals surface area contributed by atoms with Crippen molar-refractivity contribution in [1.82, 2.24) is 0 Å². The first-order chi connectivity index (χ1) is 20.8. The summed E-state index contributed by atoms with van der Waals surface area (Å²) in [6.07, 6.45) is 0. The van der Waals surface area contributed by atoms with E-state index in [-0.39, 0.29) is 0 Å². The van der Waals surface area contributed by atoms with Crippen molar-refractivity contribution in [3.63, 3.8) is 0 Å². The number of hydrogen-bond acceptors (Lipinski definition) is 2. The van der Waals surface area contributed by atoms with E-state index in [4.69, 9.17) is 4.42 Å². The Balaban J connectivity index is 1.36. The van der Waals surface area contributed by atoms with Gasteiger partial charge in [-0.25, -0.2) is 0 Å². The summed E-state index contributed by atoms with van der Waals surface area (Å²) in [5.74, 6) is 0. The molecule has 0 bridgehead atoms. The van der Waals surface area contributed by atoms with Crippen molar-refractivity contribution in [2.24, 2.45) is 0 Å². The lowest BCUT2D eigenvalue weighted by Gasteiger charge is -2.28. The van der Waals surface area contributed by atoms with Crippen LogP contribution in [0.4, 0.5) is 17.1 Å². The van der Waals surface area contributed by atoms with Gasteiger partial charge in [0.2, 0.25) is 0 Å². The Hall–Kier alpha value is -5.60. The highest BCUT2D eigenvalue weighted by molar-refractivity contribution is 6.12. The Kier molecular flexibility index (Phi) is 5.82. The number of rotatable bonds is 5. The maximum Gasteiger partial charge on any atom is 0.136 e. The molecule has 0 atom stereocenters. The summed E-state index contributed by atoms with van der Waals surface area (Å²) in [4.78, 5) is 2.34. The van der Waals surface area contributed by atoms with Gasteiger partial charge in [0, 0.05) is 27.7 Å². The average molecular weight is 538 g/mol. The number of furan rings is 1. The molecule has 42 heavy (non-hydrogen) atoms. The number of hydrogen-bond donors (Lipinski definition) is 0. The largest absolute Gasteiger partial charge is 0.456 e. The van der Waals surface area contributed by atoms with E-state index in [1.165, 1.54) is 33.0 Å². The molecule has 8 rings (SSSR count). The quantitative estimate of drug-likeness (QED) is 0.217. The first kappa shape index (κ1) is 24.2. The monoisotopic (exact) mass is 537 g/mol. The van der Waals surface area contributed by atoms with Gasteiger partial charge in [-0.15, -0.1) is 0 Å². The fraction of sp³-hybridized carbons (Fsp3) is 0. The minimum Gasteiger partial charge on any atom is -0.456 e. The van der Waals surface area contributed by atoms with Crippen molar-refractivity contribution in [3.8, 4) is 22.3 Å². The van der Waals surface area contributed by atoms with Crippen LogP contribution in [0.15, 0.2) is 168 Å². The molecule has 0 unspecified atom stereocenters. The molecular weight excluding hydrogens is 510 g/mol. The molecule has 2 heteroatoms. The first-order valence-corrected chi connectivity index (χ1v) is 14.3. The molecule has 0 fully saturated rings. The normalized spacial score (nSPS) is 11.3. The molecule has 8 aromatic rings. The van der Waals surface area contributed by atoms with E-state index in [9.17, 15) is 0 Å². The van der Waals surface area contributed by atoms with Gasteiger partial charge in [0.05, 0.1) is 5.69 Å². The first-order valence-electron chi connectivity index (χ1n) is 14.3. The van der Waals surface area contributed by atoms with Crippen LogP contribution in [0.2, 0.25) is 0 Å². The van der Waals surface area contributed by atoms with Crippen molar-refractivity contribution in [2.45, 2.75) is 0 Å². The van der Waals surface area contributed by atoms with E-state index in [0.29, 0.717) is 0 Å². The van der Waals surface area contributed by atoms with Gasteiger partial charge in [0.1, 0.15) is 11.2 Å². The highest BCUT2D eigenvalue weighted by Crippen LogP contribution is 2.43. The van der Waals surface area contributed by atoms with Crippen LogP contribution in [0.3, 0.4) is 0 Å². The summed E-state index contributed by atoms with van der Waals surface area (Å²) in [6.45, 7) is 0. The lowest BCUT2D eigenvalue weighted by atomic mass is 9.93. The lowest BCUT2D eigenvalue weighted by Crippen LogP contribution is -2.11. The fourth-order valence-electron chi connectivity index (χ4n) is 6.08. The molecule has 0 saturated carbocycles. The number of nitrogens with zero attached hydrogens (tertiary/aromatic N) is 1. The van der Waals surface area contributed by atoms with Crippen molar-refractivity contribution in [2.75, 3.05) is 4.90 Å². The van der Waals surface area contributed by atoms with Crippen molar-refractivity contribution >= 4 is 49.8 Å². The Morgan fingerprint density at radius 2 is 1.05 bits per heavy atom. The molecule has 1 aromatic heterocycles. The summed E-state index contributed by atoms with van der Waals surface area (Å²) in [5.41, 5.74) is 9.88. The Morgan fingerprint density at radius 3 is 1.79 bits per heavy atom. The molecule has 1 heterocycles. The molecule has 198 valence electrons. The smallest absolute Gasteiger partial charge is 0.136 e. The zero-order chi connectivity index (χ0) is 27.9. The third kappa shape index (κ3) is 4.13. The number of anilines is 3. The van der Waals surface area contributed by atoms with Crippen LogP contribution in [0, 0.1) is 0 Å². The van der Waals surface area contributed by atoms with Crippen molar-refractivity contribution in [1.29, 1.82) is 0 Å². The molecular formula is C40H27NO. The highest BCUT2D eigenvalue weighted by atomic mass is 16.3. The second kappa shape index (κ2) is 10.1. The van der Waals surface area contributed by atoms with Crippen LogP contribution < -0.4 is 4.90 Å². The van der Waals surface area contributed by atoms with Gasteiger partial charge in [0.25, 0.3) is 0 Å². The molecule has 0 radical (unpaired) electrons. The van der Waals surface area contributed by atoms with Gasteiger partial charge >= 0.3 is 0 Å². The van der Waals surface area contributed by atoms with Crippen LogP contribution in [0.5, 0.6) is 0 Å². The molecule has 7 aromatic carbocycles. The zero-order valence-electron chi connectivity index (χ0n) is 22.9. The number of para-hydroxylation sites is 3. The van der Waals surface area contributed by atoms with Crippen molar-refractivity contribution in [3.05, 3.63) is 164 Å². The Morgan fingerprint density at radius 1 is 0.381 bits per heavy atom. The minimum atomic E-state index is 0.912. The SMILES string of the molecule is c1ccc(-c2cc(-c3cccc4cc5c(cc34)oc3ccccc35)ccc2N(c2ccccc2)c2ccccc2)cc1. The maximum atomic E-state index is 6.29. The second-order valence-corrected chi connectivity index (χ2v) is 10.6. The van der Waals surface area contributed by atoms with Gasteiger partial charge in [-0.1, -0.05) is 109 Å². The van der Waals surface area contributed by atoms with Gasteiger partial charge in [-0.2, -0.15) is 0 Å². The molecule has 0 aliphatic rings. The van der Waals surface area contributed by atoms with Gasteiger partial charge in [-0.05, 0) is 82.1 Å². The summed E-state index contributed by atoms with van der Waals surface area (Å²) >= 11 is 0. The van der Waals surface area contributed by atoms with Gasteiger partial charge in [-0.3, -0.25) is 0 Å². The zero-order valence-corrected chi connectivity index (χ0v) is 22.9. The van der Waals surface area contributed by atoms with E-state index in [1.807, 2.05) is 12.1 Å². The van der Waals surface area contributed by atoms with E-state index >= 15 is 0 Å². The van der Waals surface area contributed by atoms with E-state index < -0.39 is 0 Å². The molecule has 0 N–H and O–H groups in total. The summed E-state index contributed by atoms with van der Waals surface area (Å²) in [6, 6.07) is 58.0.